The lowest BCUT2D eigenvalue weighted by atomic mass is 10.2. The van der Waals surface area contributed by atoms with Crippen molar-refractivity contribution in [1.82, 2.24) is 4.98 Å². The molecule has 0 aromatic carbocycles. The van der Waals surface area contributed by atoms with Gasteiger partial charge in [-0.2, -0.15) is 4.39 Å². The minimum atomic E-state index is -2.87. The van der Waals surface area contributed by atoms with E-state index >= 15 is 0 Å². The molecule has 0 saturated heterocycles. The molecule has 2 nitrogen and oxygen atoms in total. The van der Waals surface area contributed by atoms with Crippen molar-refractivity contribution in [2.24, 2.45) is 0 Å². The summed E-state index contributed by atoms with van der Waals surface area (Å²) in [7, 11) is 0. The molecule has 1 heterocycles. The van der Waals surface area contributed by atoms with Crippen LogP contribution in [0.2, 0.25) is 0 Å². The summed E-state index contributed by atoms with van der Waals surface area (Å²) < 4.78 is 36.9. The van der Waals surface area contributed by atoms with Crippen molar-refractivity contribution in [2.45, 2.75) is 13.0 Å². The lowest BCUT2D eigenvalue weighted by Gasteiger charge is -2.06. The molecule has 0 fully saturated rings. The van der Waals surface area contributed by atoms with E-state index in [0.29, 0.717) is 0 Å². The predicted octanol–water partition coefficient (Wildman–Crippen LogP) is 2.41. The highest BCUT2D eigenvalue weighted by Gasteiger charge is 2.17. The number of hydrogen-bond acceptors (Lipinski definition) is 2. The van der Waals surface area contributed by atoms with Crippen LogP contribution in [0.1, 0.15) is 17.7 Å². The molecule has 6 heteroatoms. The molecule has 0 radical (unpaired) electrons. The normalized spacial score (nSPS) is 10.9. The van der Waals surface area contributed by atoms with Gasteiger partial charge in [0, 0.05) is 0 Å². The van der Waals surface area contributed by atoms with Gasteiger partial charge in [-0.05, 0) is 27.6 Å². The molecule has 0 atom stereocenters. The van der Waals surface area contributed by atoms with Crippen LogP contribution in [0.4, 0.5) is 13.2 Å². The first-order chi connectivity index (χ1) is 6.06. The molecule has 1 aromatic rings. The Morgan fingerprint density at radius 1 is 1.54 bits per heavy atom. The summed E-state index contributed by atoms with van der Waals surface area (Å²) in [4.78, 5) is 3.01. The smallest absolute Gasteiger partial charge is 0.281 e. The summed E-state index contributed by atoms with van der Waals surface area (Å²) in [5.41, 5.74) is -0.633. The zero-order chi connectivity index (χ0) is 10.0. The molecule has 0 aliphatic rings. The summed E-state index contributed by atoms with van der Waals surface area (Å²) in [5, 5.41) is 8.68. The van der Waals surface area contributed by atoms with Crippen LogP contribution in [0.25, 0.3) is 0 Å². The third-order valence-corrected chi connectivity index (χ3v) is 2.32. The second-order valence-electron chi connectivity index (χ2n) is 2.26. The molecule has 1 N–H and O–H groups in total. The van der Waals surface area contributed by atoms with Crippen molar-refractivity contribution in [3.05, 3.63) is 27.7 Å². The standard InChI is InChI=1S/C7H5BrF3NO/c8-5-3(2-13)1-4(9)12-6(5)7(10)11/h1,7,13H,2H2. The first-order valence-electron chi connectivity index (χ1n) is 3.30. The Morgan fingerprint density at radius 2 is 2.15 bits per heavy atom. The van der Waals surface area contributed by atoms with E-state index < -0.39 is 24.7 Å². The van der Waals surface area contributed by atoms with E-state index in [4.69, 9.17) is 5.11 Å². The summed E-state index contributed by atoms with van der Waals surface area (Å²) >= 11 is 2.81. The van der Waals surface area contributed by atoms with Gasteiger partial charge in [0.05, 0.1) is 11.1 Å². The summed E-state index contributed by atoms with van der Waals surface area (Å²) in [6.07, 6.45) is -2.87. The minimum absolute atomic E-state index is 0.0496. The molecular formula is C7H5BrF3NO. The maximum Gasteiger partial charge on any atom is 0.281 e. The number of pyridine rings is 1. The van der Waals surface area contributed by atoms with Crippen LogP contribution < -0.4 is 0 Å². The van der Waals surface area contributed by atoms with E-state index in [0.717, 1.165) is 6.07 Å². The lowest BCUT2D eigenvalue weighted by Crippen LogP contribution is -1.99. The third-order valence-electron chi connectivity index (χ3n) is 1.40. The molecule has 72 valence electrons. The molecule has 0 spiro atoms. The van der Waals surface area contributed by atoms with Gasteiger partial charge in [-0.1, -0.05) is 0 Å². The number of hydrogen-bond donors (Lipinski definition) is 1. The molecule has 13 heavy (non-hydrogen) atoms. The Balaban J connectivity index is 3.27. The fourth-order valence-corrected chi connectivity index (χ4v) is 1.33. The van der Waals surface area contributed by atoms with Crippen molar-refractivity contribution in [3.63, 3.8) is 0 Å². The van der Waals surface area contributed by atoms with Gasteiger partial charge >= 0.3 is 0 Å². The van der Waals surface area contributed by atoms with Gasteiger partial charge in [0.25, 0.3) is 6.43 Å². The summed E-state index contributed by atoms with van der Waals surface area (Å²) in [6.45, 7) is -0.514. The van der Waals surface area contributed by atoms with Crippen molar-refractivity contribution >= 4 is 15.9 Å². The van der Waals surface area contributed by atoms with Crippen LogP contribution in [0.3, 0.4) is 0 Å². The summed E-state index contributed by atoms with van der Waals surface area (Å²) in [5.74, 6) is -1.03. The largest absolute Gasteiger partial charge is 0.392 e. The van der Waals surface area contributed by atoms with E-state index in [2.05, 4.69) is 20.9 Å². The SMILES string of the molecule is OCc1cc(F)nc(C(F)F)c1Br. The van der Waals surface area contributed by atoms with Crippen LogP contribution in [-0.4, -0.2) is 10.1 Å². The number of nitrogens with zero attached hydrogens (tertiary/aromatic N) is 1. The average molecular weight is 256 g/mol. The average Bonchev–Trinajstić information content (AvgIpc) is 2.08. The van der Waals surface area contributed by atoms with Crippen molar-refractivity contribution < 1.29 is 18.3 Å². The lowest BCUT2D eigenvalue weighted by molar-refractivity contribution is 0.143. The summed E-state index contributed by atoms with van der Waals surface area (Å²) in [6, 6.07) is 0.899. The molecule has 0 aliphatic heterocycles. The van der Waals surface area contributed by atoms with Gasteiger partial charge in [0.2, 0.25) is 5.95 Å². The van der Waals surface area contributed by atoms with Crippen LogP contribution in [0.5, 0.6) is 0 Å². The number of aromatic nitrogens is 1. The van der Waals surface area contributed by atoms with E-state index in [-0.39, 0.29) is 10.0 Å². The van der Waals surface area contributed by atoms with Crippen molar-refractivity contribution in [2.75, 3.05) is 0 Å². The first-order valence-corrected chi connectivity index (χ1v) is 4.09. The molecule has 0 aliphatic carbocycles. The Morgan fingerprint density at radius 3 is 2.62 bits per heavy atom. The van der Waals surface area contributed by atoms with Crippen molar-refractivity contribution in [3.8, 4) is 0 Å². The quantitative estimate of drug-likeness (QED) is 0.824. The second kappa shape index (κ2) is 4.06. The number of alkyl halides is 2. The second-order valence-corrected chi connectivity index (χ2v) is 3.06. The number of rotatable bonds is 2. The minimum Gasteiger partial charge on any atom is -0.392 e. The monoisotopic (exact) mass is 255 g/mol. The maximum absolute atomic E-state index is 12.6. The molecule has 1 aromatic heterocycles. The predicted molar refractivity (Wildman–Crippen MR) is 42.8 cm³/mol. The number of halogens is 4. The Hall–Kier alpha value is -0.620. The van der Waals surface area contributed by atoms with Crippen molar-refractivity contribution in [1.29, 1.82) is 0 Å². The zero-order valence-corrected chi connectivity index (χ0v) is 7.85. The van der Waals surface area contributed by atoms with Gasteiger partial charge in [0.1, 0.15) is 5.69 Å². The van der Waals surface area contributed by atoms with Gasteiger partial charge in [-0.25, -0.2) is 13.8 Å². The Bertz CT molecular complexity index is 319. The van der Waals surface area contributed by atoms with E-state index in [1.807, 2.05) is 0 Å². The van der Waals surface area contributed by atoms with Gasteiger partial charge in [-0.15, -0.1) is 0 Å². The van der Waals surface area contributed by atoms with E-state index in [1.165, 1.54) is 0 Å². The van der Waals surface area contributed by atoms with Gasteiger partial charge in [0.15, 0.2) is 0 Å². The number of aliphatic hydroxyl groups excluding tert-OH is 1. The molecule has 0 bridgehead atoms. The molecule has 0 unspecified atom stereocenters. The number of aliphatic hydroxyl groups is 1. The topological polar surface area (TPSA) is 33.1 Å². The zero-order valence-electron chi connectivity index (χ0n) is 6.27. The van der Waals surface area contributed by atoms with E-state index in [9.17, 15) is 13.2 Å². The molecular weight excluding hydrogens is 251 g/mol. The van der Waals surface area contributed by atoms with Crippen LogP contribution in [-0.2, 0) is 6.61 Å². The highest BCUT2D eigenvalue weighted by Crippen LogP contribution is 2.28. The molecule has 0 saturated carbocycles. The third kappa shape index (κ3) is 2.19. The van der Waals surface area contributed by atoms with Crippen LogP contribution >= 0.6 is 15.9 Å². The molecule has 0 amide bonds. The van der Waals surface area contributed by atoms with Gasteiger partial charge < -0.3 is 5.11 Å². The van der Waals surface area contributed by atoms with Crippen LogP contribution in [0, 0.1) is 5.95 Å². The highest BCUT2D eigenvalue weighted by atomic mass is 79.9. The van der Waals surface area contributed by atoms with Crippen LogP contribution in [0.15, 0.2) is 10.5 Å². The maximum atomic E-state index is 12.6. The van der Waals surface area contributed by atoms with Gasteiger partial charge in [-0.3, -0.25) is 0 Å². The molecule has 1 rings (SSSR count). The Kier molecular flexibility index (Phi) is 3.27. The fraction of sp³-hybridized carbons (Fsp3) is 0.286. The Labute approximate surface area is 80.5 Å². The first kappa shape index (κ1) is 10.5. The fourth-order valence-electron chi connectivity index (χ4n) is 0.828. The highest BCUT2D eigenvalue weighted by molar-refractivity contribution is 9.10. The van der Waals surface area contributed by atoms with E-state index in [1.54, 1.807) is 0 Å².